The second-order valence-electron chi connectivity index (χ2n) is 3.92. The third kappa shape index (κ3) is 2.52. The Morgan fingerprint density at radius 3 is 2.39 bits per heavy atom. The van der Waals surface area contributed by atoms with E-state index in [1.165, 1.54) is 12.1 Å². The Bertz CT molecular complexity index is 577. The van der Waals surface area contributed by atoms with Crippen LogP contribution in [0.4, 0.5) is 21.5 Å². The number of aryl methyl sites for hydroxylation is 1. The lowest BCUT2D eigenvalue weighted by molar-refractivity contribution is 0.629. The molecule has 2 aromatic rings. The van der Waals surface area contributed by atoms with Crippen LogP contribution < -0.4 is 11.1 Å². The van der Waals surface area contributed by atoms with E-state index in [-0.39, 0.29) is 10.0 Å². The maximum Gasteiger partial charge on any atom is 0.160 e. The molecule has 0 atom stereocenters. The summed E-state index contributed by atoms with van der Waals surface area (Å²) in [6.07, 6.45) is 0. The van der Waals surface area contributed by atoms with E-state index in [2.05, 4.69) is 5.32 Å². The molecule has 0 saturated heterocycles. The molecule has 0 amide bonds. The molecule has 0 bridgehead atoms. The molecular weight excluding hydrogens is 274 g/mol. The van der Waals surface area contributed by atoms with Crippen molar-refractivity contribution in [3.63, 3.8) is 0 Å². The number of hydrogen-bond donors (Lipinski definition) is 2. The van der Waals surface area contributed by atoms with Crippen molar-refractivity contribution in [2.24, 2.45) is 0 Å². The second kappa shape index (κ2) is 5.04. The van der Waals surface area contributed by atoms with Gasteiger partial charge in [0.2, 0.25) is 0 Å². The zero-order valence-corrected chi connectivity index (χ0v) is 11.1. The Balaban J connectivity index is 2.37. The largest absolute Gasteiger partial charge is 0.397 e. The van der Waals surface area contributed by atoms with Crippen molar-refractivity contribution in [2.75, 3.05) is 11.1 Å². The summed E-state index contributed by atoms with van der Waals surface area (Å²) in [4.78, 5) is 0. The molecule has 0 radical (unpaired) electrons. The van der Waals surface area contributed by atoms with E-state index in [0.29, 0.717) is 11.4 Å². The molecule has 2 nitrogen and oxygen atoms in total. The maximum atomic E-state index is 13.3. The topological polar surface area (TPSA) is 38.0 Å². The number of anilines is 3. The minimum atomic E-state index is -0.624. The molecule has 0 spiro atoms. The van der Waals surface area contributed by atoms with Crippen molar-refractivity contribution in [3.05, 3.63) is 51.8 Å². The Kier molecular flexibility index (Phi) is 3.64. The van der Waals surface area contributed by atoms with Crippen molar-refractivity contribution in [2.45, 2.75) is 6.92 Å². The van der Waals surface area contributed by atoms with Gasteiger partial charge < -0.3 is 11.1 Å². The molecule has 2 rings (SSSR count). The van der Waals surface area contributed by atoms with Crippen LogP contribution in [-0.2, 0) is 0 Å². The molecule has 0 aliphatic heterocycles. The lowest BCUT2D eigenvalue weighted by Crippen LogP contribution is -1.98. The summed E-state index contributed by atoms with van der Waals surface area (Å²) in [5.41, 5.74) is 8.84. The van der Waals surface area contributed by atoms with Crippen molar-refractivity contribution in [1.82, 2.24) is 0 Å². The zero-order valence-electron chi connectivity index (χ0n) is 9.60. The highest BCUT2D eigenvalue weighted by molar-refractivity contribution is 6.35. The van der Waals surface area contributed by atoms with Crippen LogP contribution in [0.5, 0.6) is 0 Å². The molecule has 5 heteroatoms. The van der Waals surface area contributed by atoms with Crippen molar-refractivity contribution < 1.29 is 4.39 Å². The number of nitrogens with two attached hydrogens (primary N) is 1. The van der Waals surface area contributed by atoms with E-state index < -0.39 is 5.82 Å². The average Bonchev–Trinajstić information content (AvgIpc) is 2.32. The molecule has 0 aliphatic carbocycles. The zero-order chi connectivity index (χ0) is 13.3. The molecule has 3 N–H and O–H groups in total. The van der Waals surface area contributed by atoms with Crippen molar-refractivity contribution in [3.8, 4) is 0 Å². The van der Waals surface area contributed by atoms with Gasteiger partial charge in [0, 0.05) is 5.69 Å². The fourth-order valence-electron chi connectivity index (χ4n) is 1.57. The second-order valence-corrected chi connectivity index (χ2v) is 4.73. The van der Waals surface area contributed by atoms with Gasteiger partial charge in [-0.15, -0.1) is 0 Å². The molecule has 0 aromatic heterocycles. The lowest BCUT2D eigenvalue weighted by Gasteiger charge is -2.12. The van der Waals surface area contributed by atoms with Gasteiger partial charge in [0.25, 0.3) is 0 Å². The minimum absolute atomic E-state index is 0.0313. The van der Waals surface area contributed by atoms with Crippen LogP contribution in [0, 0.1) is 12.7 Å². The molecule has 0 aliphatic rings. The molecule has 0 fully saturated rings. The highest BCUT2D eigenvalue weighted by atomic mass is 35.5. The molecule has 18 heavy (non-hydrogen) atoms. The van der Waals surface area contributed by atoms with Crippen LogP contribution >= 0.6 is 23.2 Å². The number of para-hydroxylation sites is 1. The van der Waals surface area contributed by atoms with E-state index in [1.807, 2.05) is 25.1 Å². The molecule has 0 unspecified atom stereocenters. The summed E-state index contributed by atoms with van der Waals surface area (Å²) in [5, 5.41) is 3.00. The van der Waals surface area contributed by atoms with Crippen LogP contribution in [0.25, 0.3) is 0 Å². The van der Waals surface area contributed by atoms with Gasteiger partial charge in [-0.2, -0.15) is 0 Å². The van der Waals surface area contributed by atoms with E-state index in [1.54, 1.807) is 0 Å². The highest BCUT2D eigenvalue weighted by Crippen LogP contribution is 2.31. The first-order valence-electron chi connectivity index (χ1n) is 5.25. The Morgan fingerprint density at radius 1 is 1.17 bits per heavy atom. The van der Waals surface area contributed by atoms with Crippen LogP contribution in [0.1, 0.15) is 5.56 Å². The van der Waals surface area contributed by atoms with Gasteiger partial charge in [0.1, 0.15) is 0 Å². The normalized spacial score (nSPS) is 10.4. The predicted molar refractivity (Wildman–Crippen MR) is 75.3 cm³/mol. The molecule has 2 aromatic carbocycles. The van der Waals surface area contributed by atoms with Gasteiger partial charge in [0.05, 0.1) is 21.4 Å². The molecular formula is C13H11Cl2FN2. The highest BCUT2D eigenvalue weighted by Gasteiger charge is 2.09. The van der Waals surface area contributed by atoms with Crippen LogP contribution in [0.15, 0.2) is 30.3 Å². The quantitative estimate of drug-likeness (QED) is 0.616. The third-order valence-corrected chi connectivity index (χ3v) is 3.14. The number of hydrogen-bond acceptors (Lipinski definition) is 2. The average molecular weight is 285 g/mol. The standard InChI is InChI=1S/C13H11Cl2FN2/c1-7-3-2-4-11(13(7)17)18-8-5-9(14)12(16)10(15)6-8/h2-6,18H,17H2,1H3. The van der Waals surface area contributed by atoms with Gasteiger partial charge in [-0.1, -0.05) is 35.3 Å². The van der Waals surface area contributed by atoms with Gasteiger partial charge in [-0.05, 0) is 30.7 Å². The molecule has 94 valence electrons. The van der Waals surface area contributed by atoms with Crippen molar-refractivity contribution in [1.29, 1.82) is 0 Å². The number of benzene rings is 2. The fourth-order valence-corrected chi connectivity index (χ4v) is 2.06. The summed E-state index contributed by atoms with van der Waals surface area (Å²) in [6, 6.07) is 8.54. The maximum absolute atomic E-state index is 13.3. The summed E-state index contributed by atoms with van der Waals surface area (Å²) >= 11 is 11.5. The van der Waals surface area contributed by atoms with E-state index in [0.717, 1.165) is 11.3 Å². The van der Waals surface area contributed by atoms with Crippen molar-refractivity contribution >= 4 is 40.3 Å². The summed E-state index contributed by atoms with van der Waals surface area (Å²) in [6.45, 7) is 1.91. The summed E-state index contributed by atoms with van der Waals surface area (Å²) in [5.74, 6) is -0.624. The first-order chi connectivity index (χ1) is 8.49. The molecule has 0 saturated carbocycles. The van der Waals surface area contributed by atoms with E-state index >= 15 is 0 Å². The number of halogens is 3. The van der Waals surface area contributed by atoms with Gasteiger partial charge in [-0.3, -0.25) is 0 Å². The summed E-state index contributed by atoms with van der Waals surface area (Å²) in [7, 11) is 0. The van der Waals surface area contributed by atoms with Gasteiger partial charge in [-0.25, -0.2) is 4.39 Å². The Morgan fingerprint density at radius 2 is 1.78 bits per heavy atom. The number of nitrogen functional groups attached to an aromatic ring is 1. The van der Waals surface area contributed by atoms with Gasteiger partial charge >= 0.3 is 0 Å². The lowest BCUT2D eigenvalue weighted by atomic mass is 10.1. The monoisotopic (exact) mass is 284 g/mol. The Labute approximate surface area is 115 Å². The molecule has 0 heterocycles. The summed E-state index contributed by atoms with van der Waals surface area (Å²) < 4.78 is 13.3. The third-order valence-electron chi connectivity index (χ3n) is 2.59. The minimum Gasteiger partial charge on any atom is -0.397 e. The first kappa shape index (κ1) is 13.0. The van der Waals surface area contributed by atoms with Gasteiger partial charge in [0.15, 0.2) is 5.82 Å². The number of rotatable bonds is 2. The smallest absolute Gasteiger partial charge is 0.160 e. The van der Waals surface area contributed by atoms with Crippen LogP contribution in [0.3, 0.4) is 0 Å². The SMILES string of the molecule is Cc1cccc(Nc2cc(Cl)c(F)c(Cl)c2)c1N. The van der Waals surface area contributed by atoms with E-state index in [9.17, 15) is 4.39 Å². The Hall–Kier alpha value is -1.45. The predicted octanol–water partition coefficient (Wildman–Crippen LogP) is 4.77. The van der Waals surface area contributed by atoms with Crippen LogP contribution in [-0.4, -0.2) is 0 Å². The van der Waals surface area contributed by atoms with E-state index in [4.69, 9.17) is 28.9 Å². The first-order valence-corrected chi connectivity index (χ1v) is 6.01. The van der Waals surface area contributed by atoms with Crippen LogP contribution in [0.2, 0.25) is 10.0 Å². The number of nitrogens with one attached hydrogen (secondary N) is 1. The fraction of sp³-hybridized carbons (Fsp3) is 0.0769.